The van der Waals surface area contributed by atoms with Crippen LogP contribution in [0.25, 0.3) is 0 Å². The molecule has 3 aliphatic rings. The van der Waals surface area contributed by atoms with Gasteiger partial charge in [-0.25, -0.2) is 4.39 Å². The molecule has 0 aromatic heterocycles. The highest BCUT2D eigenvalue weighted by atomic mass is 19.1. The zero-order chi connectivity index (χ0) is 17.9. The number of hydrogen-bond acceptors (Lipinski definition) is 2. The third-order valence-corrected chi connectivity index (χ3v) is 6.52. The molecule has 0 N–H and O–H groups in total. The van der Waals surface area contributed by atoms with Gasteiger partial charge in [0.1, 0.15) is 5.82 Å². The van der Waals surface area contributed by atoms with Crippen molar-refractivity contribution in [1.82, 2.24) is 9.80 Å². The fourth-order valence-corrected chi connectivity index (χ4v) is 4.73. The molecule has 4 rings (SSSR count). The van der Waals surface area contributed by atoms with Gasteiger partial charge in [-0.2, -0.15) is 0 Å². The van der Waals surface area contributed by atoms with Crippen LogP contribution >= 0.6 is 0 Å². The Morgan fingerprint density at radius 3 is 2.42 bits per heavy atom. The van der Waals surface area contributed by atoms with Crippen molar-refractivity contribution in [2.45, 2.75) is 57.4 Å². The van der Waals surface area contributed by atoms with Crippen molar-refractivity contribution in [3.05, 3.63) is 35.6 Å². The summed E-state index contributed by atoms with van der Waals surface area (Å²) in [5.74, 6) is 1.38. The molecule has 0 spiro atoms. The van der Waals surface area contributed by atoms with E-state index in [2.05, 4.69) is 9.80 Å². The van der Waals surface area contributed by atoms with E-state index in [0.717, 1.165) is 51.1 Å². The van der Waals surface area contributed by atoms with Crippen molar-refractivity contribution in [3.8, 4) is 0 Å². The topological polar surface area (TPSA) is 23.6 Å². The number of likely N-dealkylation sites (tertiary alicyclic amines) is 2. The molecule has 1 aromatic carbocycles. The quantitative estimate of drug-likeness (QED) is 0.798. The van der Waals surface area contributed by atoms with E-state index in [9.17, 15) is 9.18 Å². The largest absolute Gasteiger partial charge is 0.342 e. The molecule has 1 atom stereocenters. The van der Waals surface area contributed by atoms with Crippen LogP contribution in [0, 0.1) is 17.7 Å². The smallest absolute Gasteiger partial charge is 0.225 e. The van der Waals surface area contributed by atoms with E-state index in [-0.39, 0.29) is 5.82 Å². The number of carbonyl (C=O) groups is 1. The van der Waals surface area contributed by atoms with Crippen molar-refractivity contribution < 1.29 is 9.18 Å². The Balaban J connectivity index is 1.23. The fourth-order valence-electron chi connectivity index (χ4n) is 4.73. The van der Waals surface area contributed by atoms with Gasteiger partial charge in [-0.3, -0.25) is 9.69 Å². The summed E-state index contributed by atoms with van der Waals surface area (Å²) >= 11 is 0. The first-order chi connectivity index (χ1) is 12.7. The van der Waals surface area contributed by atoms with Gasteiger partial charge >= 0.3 is 0 Å². The molecule has 1 aromatic rings. The lowest BCUT2D eigenvalue weighted by atomic mass is 9.89. The summed E-state index contributed by atoms with van der Waals surface area (Å²) in [6.07, 6.45) is 9.35. The van der Waals surface area contributed by atoms with E-state index in [4.69, 9.17) is 0 Å². The predicted octanol–water partition coefficient (Wildman–Crippen LogP) is 3.87. The standard InChI is InChI=1S/C22H31FN2O/c23-20-9-5-17(6-10-20)3-4-18-2-1-13-25(16-18)21-11-14-24(15-12-21)22(26)19-7-8-19/h5-6,9-10,18-19,21H,1-4,7-8,11-16H2. The summed E-state index contributed by atoms with van der Waals surface area (Å²) in [5, 5.41) is 0. The van der Waals surface area contributed by atoms with Gasteiger partial charge in [0.25, 0.3) is 0 Å². The van der Waals surface area contributed by atoms with Crippen LogP contribution < -0.4 is 0 Å². The van der Waals surface area contributed by atoms with Gasteiger partial charge in [0.15, 0.2) is 0 Å². The Kier molecular flexibility index (Phi) is 5.58. The number of benzene rings is 1. The Morgan fingerprint density at radius 2 is 1.73 bits per heavy atom. The van der Waals surface area contributed by atoms with E-state index in [1.165, 1.54) is 37.9 Å². The van der Waals surface area contributed by atoms with E-state index < -0.39 is 0 Å². The Bertz CT molecular complexity index is 605. The van der Waals surface area contributed by atoms with E-state index in [0.29, 0.717) is 17.9 Å². The highest BCUT2D eigenvalue weighted by molar-refractivity contribution is 5.81. The van der Waals surface area contributed by atoms with Gasteiger partial charge in [0, 0.05) is 31.6 Å². The normalized spacial score (nSPS) is 25.4. The van der Waals surface area contributed by atoms with E-state index in [1.54, 1.807) is 12.1 Å². The molecule has 2 aliphatic heterocycles. The van der Waals surface area contributed by atoms with Gasteiger partial charge in [-0.1, -0.05) is 12.1 Å². The number of amides is 1. The molecule has 3 nitrogen and oxygen atoms in total. The summed E-state index contributed by atoms with van der Waals surface area (Å²) in [6.45, 7) is 4.32. The van der Waals surface area contributed by atoms with E-state index in [1.807, 2.05) is 12.1 Å². The third kappa shape index (κ3) is 4.46. The lowest BCUT2D eigenvalue weighted by Crippen LogP contribution is -2.50. The first kappa shape index (κ1) is 18.0. The molecule has 1 amide bonds. The first-order valence-corrected chi connectivity index (χ1v) is 10.5. The molecule has 26 heavy (non-hydrogen) atoms. The number of aryl methyl sites for hydroxylation is 1. The van der Waals surface area contributed by atoms with Crippen LogP contribution in [0.3, 0.4) is 0 Å². The van der Waals surface area contributed by atoms with Gasteiger partial charge < -0.3 is 4.90 Å². The van der Waals surface area contributed by atoms with Crippen molar-refractivity contribution >= 4 is 5.91 Å². The van der Waals surface area contributed by atoms with Crippen LogP contribution in [0.2, 0.25) is 0 Å². The lowest BCUT2D eigenvalue weighted by Gasteiger charge is -2.42. The van der Waals surface area contributed by atoms with Crippen LogP contribution in [0.5, 0.6) is 0 Å². The molecule has 4 heteroatoms. The fraction of sp³-hybridized carbons (Fsp3) is 0.682. The highest BCUT2D eigenvalue weighted by Crippen LogP contribution is 2.33. The molecular formula is C22H31FN2O. The van der Waals surface area contributed by atoms with Crippen LogP contribution in [0.15, 0.2) is 24.3 Å². The van der Waals surface area contributed by atoms with Gasteiger partial charge in [0.2, 0.25) is 5.91 Å². The Morgan fingerprint density at radius 1 is 1.00 bits per heavy atom. The van der Waals surface area contributed by atoms with Crippen molar-refractivity contribution in [2.75, 3.05) is 26.2 Å². The molecule has 3 fully saturated rings. The second-order valence-corrected chi connectivity index (χ2v) is 8.50. The highest BCUT2D eigenvalue weighted by Gasteiger charge is 2.36. The number of halogens is 1. The molecule has 142 valence electrons. The van der Waals surface area contributed by atoms with Gasteiger partial charge in [-0.15, -0.1) is 0 Å². The van der Waals surface area contributed by atoms with Gasteiger partial charge in [0.05, 0.1) is 0 Å². The maximum atomic E-state index is 13.0. The number of hydrogen-bond donors (Lipinski definition) is 0. The van der Waals surface area contributed by atoms with Crippen molar-refractivity contribution in [2.24, 2.45) is 11.8 Å². The number of carbonyl (C=O) groups excluding carboxylic acids is 1. The van der Waals surface area contributed by atoms with Gasteiger partial charge in [-0.05, 0) is 81.5 Å². The average Bonchev–Trinajstić information content (AvgIpc) is 3.53. The van der Waals surface area contributed by atoms with Crippen LogP contribution in [0.1, 0.15) is 50.5 Å². The maximum Gasteiger partial charge on any atom is 0.225 e. The molecule has 0 radical (unpaired) electrons. The van der Waals surface area contributed by atoms with Crippen LogP contribution in [-0.2, 0) is 11.2 Å². The average molecular weight is 359 g/mol. The number of nitrogens with zero attached hydrogens (tertiary/aromatic N) is 2. The minimum Gasteiger partial charge on any atom is -0.342 e. The zero-order valence-corrected chi connectivity index (χ0v) is 15.7. The molecule has 1 saturated carbocycles. The summed E-state index contributed by atoms with van der Waals surface area (Å²) in [6, 6.07) is 7.63. The maximum absolute atomic E-state index is 13.0. The second kappa shape index (κ2) is 8.08. The molecule has 0 bridgehead atoms. The monoisotopic (exact) mass is 358 g/mol. The van der Waals surface area contributed by atoms with E-state index >= 15 is 0 Å². The first-order valence-electron chi connectivity index (χ1n) is 10.5. The summed E-state index contributed by atoms with van der Waals surface area (Å²) in [4.78, 5) is 17.0. The molecule has 1 unspecified atom stereocenters. The molecule has 2 heterocycles. The molecular weight excluding hydrogens is 327 g/mol. The third-order valence-electron chi connectivity index (χ3n) is 6.52. The minimum atomic E-state index is -0.149. The minimum absolute atomic E-state index is 0.149. The van der Waals surface area contributed by atoms with Crippen LogP contribution in [0.4, 0.5) is 4.39 Å². The SMILES string of the molecule is O=C(C1CC1)N1CCC(N2CCCC(CCc3ccc(F)cc3)C2)CC1. The summed E-state index contributed by atoms with van der Waals surface area (Å²) in [7, 11) is 0. The van der Waals surface area contributed by atoms with Crippen LogP contribution in [-0.4, -0.2) is 47.9 Å². The van der Waals surface area contributed by atoms with Crippen molar-refractivity contribution in [3.63, 3.8) is 0 Å². The lowest BCUT2D eigenvalue weighted by molar-refractivity contribution is -0.134. The zero-order valence-electron chi connectivity index (χ0n) is 15.7. The Labute approximate surface area is 156 Å². The van der Waals surface area contributed by atoms with Crippen molar-refractivity contribution in [1.29, 1.82) is 0 Å². The second-order valence-electron chi connectivity index (χ2n) is 8.50. The molecule has 2 saturated heterocycles. The Hall–Kier alpha value is -1.42. The predicted molar refractivity (Wildman–Crippen MR) is 101 cm³/mol. The number of piperidine rings is 2. The number of rotatable bonds is 5. The molecule has 1 aliphatic carbocycles. The summed E-state index contributed by atoms with van der Waals surface area (Å²) in [5.41, 5.74) is 1.25. The summed E-state index contributed by atoms with van der Waals surface area (Å²) < 4.78 is 13.0.